The van der Waals surface area contributed by atoms with Crippen molar-refractivity contribution in [1.29, 1.82) is 0 Å². The Kier molecular flexibility index (Phi) is 3.43. The molecule has 4 aromatic rings. The summed E-state index contributed by atoms with van der Waals surface area (Å²) in [6.07, 6.45) is 0. The highest BCUT2D eigenvalue weighted by molar-refractivity contribution is 7.20. The molecule has 4 rings (SSSR count). The molecule has 2 heterocycles. The average Bonchev–Trinajstić information content (AvgIpc) is 3.14. The summed E-state index contributed by atoms with van der Waals surface area (Å²) in [6.45, 7) is 1.82. The van der Waals surface area contributed by atoms with Crippen LogP contribution in [0.25, 0.3) is 27.4 Å². The van der Waals surface area contributed by atoms with Crippen LogP contribution >= 0.6 is 11.3 Å². The predicted octanol–water partition coefficient (Wildman–Crippen LogP) is 4.76. The number of aryl methyl sites for hydroxylation is 1. The van der Waals surface area contributed by atoms with E-state index in [0.717, 1.165) is 33.0 Å². The first-order chi connectivity index (χ1) is 11.7. The molecule has 5 heteroatoms. The quantitative estimate of drug-likeness (QED) is 0.587. The van der Waals surface area contributed by atoms with E-state index in [1.54, 1.807) is 0 Å². The van der Waals surface area contributed by atoms with Crippen LogP contribution in [0, 0.1) is 6.92 Å². The molecule has 0 aliphatic rings. The number of nitrogens with zero attached hydrogens (tertiary/aromatic N) is 2. The molecule has 0 bridgehead atoms. The van der Waals surface area contributed by atoms with Crippen LogP contribution in [0.3, 0.4) is 0 Å². The van der Waals surface area contributed by atoms with Crippen LogP contribution in [0.15, 0.2) is 60.7 Å². The number of benzene rings is 2. The number of para-hydroxylation sites is 1. The van der Waals surface area contributed by atoms with E-state index in [4.69, 9.17) is 4.98 Å². The lowest BCUT2D eigenvalue weighted by atomic mass is 10.2. The van der Waals surface area contributed by atoms with Crippen molar-refractivity contribution in [2.75, 3.05) is 0 Å². The van der Waals surface area contributed by atoms with E-state index in [1.165, 1.54) is 11.3 Å². The average molecular weight is 334 g/mol. The number of aromatic carboxylic acids is 1. The number of aromatic nitrogens is 2. The summed E-state index contributed by atoms with van der Waals surface area (Å²) in [4.78, 5) is 17.4. The van der Waals surface area contributed by atoms with Gasteiger partial charge in [0.25, 0.3) is 0 Å². The topological polar surface area (TPSA) is 55.1 Å². The third-order valence-electron chi connectivity index (χ3n) is 3.97. The molecular weight excluding hydrogens is 320 g/mol. The summed E-state index contributed by atoms with van der Waals surface area (Å²) in [5.74, 6) is -0.0838. The monoisotopic (exact) mass is 334 g/mol. The highest BCUT2D eigenvalue weighted by atomic mass is 32.1. The molecule has 0 saturated carbocycles. The summed E-state index contributed by atoms with van der Waals surface area (Å²) in [5, 5.41) is 9.41. The van der Waals surface area contributed by atoms with Gasteiger partial charge in [0.1, 0.15) is 21.0 Å². The van der Waals surface area contributed by atoms with E-state index < -0.39 is 5.97 Å². The molecule has 0 atom stereocenters. The Morgan fingerprint density at radius 3 is 2.29 bits per heavy atom. The van der Waals surface area contributed by atoms with Crippen LogP contribution in [0.2, 0.25) is 0 Å². The summed E-state index contributed by atoms with van der Waals surface area (Å²) in [6, 6.07) is 19.8. The number of carboxylic acid groups (broad SMARTS) is 1. The van der Waals surface area contributed by atoms with Gasteiger partial charge >= 0.3 is 5.97 Å². The molecule has 2 aromatic heterocycles. The van der Waals surface area contributed by atoms with Crippen molar-refractivity contribution in [3.05, 3.63) is 71.1 Å². The van der Waals surface area contributed by atoms with E-state index in [2.05, 4.69) is 0 Å². The molecule has 0 amide bonds. The molecule has 0 aliphatic heterocycles. The maximum absolute atomic E-state index is 11.5. The summed E-state index contributed by atoms with van der Waals surface area (Å²) in [7, 11) is 0. The number of hydrogen-bond donors (Lipinski definition) is 1. The van der Waals surface area contributed by atoms with E-state index in [9.17, 15) is 9.90 Å². The zero-order valence-corrected chi connectivity index (χ0v) is 13.7. The number of carbonyl (C=O) groups is 1. The Morgan fingerprint density at radius 1 is 1.04 bits per heavy atom. The third-order valence-corrected chi connectivity index (χ3v) is 5.22. The van der Waals surface area contributed by atoms with Gasteiger partial charge in [0.15, 0.2) is 0 Å². The molecule has 0 radical (unpaired) electrons. The van der Waals surface area contributed by atoms with Crippen molar-refractivity contribution in [3.63, 3.8) is 0 Å². The fraction of sp³-hybridized carbons (Fsp3) is 0.0526. The van der Waals surface area contributed by atoms with Crippen molar-refractivity contribution in [1.82, 2.24) is 9.55 Å². The summed E-state index contributed by atoms with van der Waals surface area (Å²) >= 11 is 1.27. The van der Waals surface area contributed by atoms with Crippen molar-refractivity contribution in [2.24, 2.45) is 0 Å². The molecule has 2 aromatic carbocycles. The minimum atomic E-state index is -0.906. The zero-order valence-electron chi connectivity index (χ0n) is 12.9. The van der Waals surface area contributed by atoms with Crippen molar-refractivity contribution < 1.29 is 9.90 Å². The minimum absolute atomic E-state index is 0.344. The van der Waals surface area contributed by atoms with Gasteiger partial charge in [0, 0.05) is 16.8 Å². The van der Waals surface area contributed by atoms with Gasteiger partial charge in [0.2, 0.25) is 0 Å². The Morgan fingerprint density at radius 2 is 1.67 bits per heavy atom. The molecule has 0 saturated heterocycles. The molecule has 24 heavy (non-hydrogen) atoms. The second-order valence-electron chi connectivity index (χ2n) is 5.49. The van der Waals surface area contributed by atoms with Gasteiger partial charge in [-0.1, -0.05) is 48.5 Å². The number of thiophene rings is 1. The first kappa shape index (κ1) is 14.7. The highest BCUT2D eigenvalue weighted by Gasteiger charge is 2.22. The Bertz CT molecular complexity index is 1030. The lowest BCUT2D eigenvalue weighted by molar-refractivity contribution is 0.0701. The van der Waals surface area contributed by atoms with E-state index >= 15 is 0 Å². The zero-order chi connectivity index (χ0) is 16.7. The molecule has 0 spiro atoms. The van der Waals surface area contributed by atoms with Crippen LogP contribution in [-0.2, 0) is 0 Å². The summed E-state index contributed by atoms with van der Waals surface area (Å²) in [5.41, 5.74) is 3.44. The normalized spacial score (nSPS) is 11.0. The molecular formula is C19H14N2O2S. The van der Waals surface area contributed by atoms with Gasteiger partial charge in [-0.05, 0) is 19.1 Å². The summed E-state index contributed by atoms with van der Waals surface area (Å²) < 4.78 is 2.04. The van der Waals surface area contributed by atoms with Crippen LogP contribution in [-0.4, -0.2) is 20.6 Å². The molecule has 1 N–H and O–H groups in total. The second kappa shape index (κ2) is 5.62. The minimum Gasteiger partial charge on any atom is -0.477 e. The lowest BCUT2D eigenvalue weighted by Crippen LogP contribution is -1.97. The van der Waals surface area contributed by atoms with Gasteiger partial charge in [-0.3, -0.25) is 4.57 Å². The first-order valence-electron chi connectivity index (χ1n) is 7.53. The van der Waals surface area contributed by atoms with Gasteiger partial charge < -0.3 is 5.11 Å². The van der Waals surface area contributed by atoms with Crippen molar-refractivity contribution in [3.8, 4) is 17.1 Å². The van der Waals surface area contributed by atoms with E-state index in [-0.39, 0.29) is 0 Å². The Hall–Kier alpha value is -2.92. The van der Waals surface area contributed by atoms with Crippen LogP contribution < -0.4 is 0 Å². The number of rotatable bonds is 3. The molecule has 4 nitrogen and oxygen atoms in total. The number of hydrogen-bond acceptors (Lipinski definition) is 3. The van der Waals surface area contributed by atoms with Crippen LogP contribution in [0.5, 0.6) is 0 Å². The van der Waals surface area contributed by atoms with Crippen molar-refractivity contribution in [2.45, 2.75) is 6.92 Å². The number of carboxylic acids is 1. The molecule has 0 aliphatic carbocycles. The van der Waals surface area contributed by atoms with Crippen molar-refractivity contribution >= 4 is 27.7 Å². The van der Waals surface area contributed by atoms with Gasteiger partial charge in [0.05, 0.1) is 0 Å². The van der Waals surface area contributed by atoms with Crippen LogP contribution in [0.1, 0.15) is 15.2 Å². The number of fused-ring (bicyclic) bond motifs is 1. The first-order valence-corrected chi connectivity index (χ1v) is 8.34. The van der Waals surface area contributed by atoms with Gasteiger partial charge in [-0.2, -0.15) is 0 Å². The van der Waals surface area contributed by atoms with Crippen LogP contribution in [0.4, 0.5) is 0 Å². The fourth-order valence-corrected chi connectivity index (χ4v) is 3.94. The van der Waals surface area contributed by atoms with E-state index in [0.29, 0.717) is 4.88 Å². The molecule has 118 valence electrons. The fourth-order valence-electron chi connectivity index (χ4n) is 2.83. The Balaban J connectivity index is 2.08. The smallest absolute Gasteiger partial charge is 0.346 e. The largest absolute Gasteiger partial charge is 0.477 e. The van der Waals surface area contributed by atoms with Gasteiger partial charge in [-0.15, -0.1) is 11.3 Å². The Labute approximate surface area is 142 Å². The SMILES string of the molecule is Cc1c(C(=O)O)sc2c1nc(-c1ccccc1)n2-c1ccccc1. The third kappa shape index (κ3) is 2.21. The highest BCUT2D eigenvalue weighted by Crippen LogP contribution is 2.36. The standard InChI is InChI=1S/C19H14N2O2S/c1-12-15-18(24-16(12)19(22)23)21(14-10-6-3-7-11-14)17(20-15)13-8-4-2-5-9-13/h2-11H,1H3,(H,22,23). The van der Waals surface area contributed by atoms with Gasteiger partial charge in [-0.25, -0.2) is 9.78 Å². The predicted molar refractivity (Wildman–Crippen MR) is 96.1 cm³/mol. The van der Waals surface area contributed by atoms with E-state index in [1.807, 2.05) is 72.2 Å². The molecule has 0 fully saturated rings. The molecule has 0 unspecified atom stereocenters. The number of imidazole rings is 1. The maximum atomic E-state index is 11.5. The maximum Gasteiger partial charge on any atom is 0.346 e. The second-order valence-corrected chi connectivity index (χ2v) is 6.49. The lowest BCUT2D eigenvalue weighted by Gasteiger charge is -2.08.